The van der Waals surface area contributed by atoms with Crippen molar-refractivity contribution in [3.63, 3.8) is 0 Å². The van der Waals surface area contributed by atoms with E-state index in [1.807, 2.05) is 36.4 Å². The quantitative estimate of drug-likeness (QED) is 0.699. The van der Waals surface area contributed by atoms with Crippen LogP contribution in [0.15, 0.2) is 41.3 Å². The summed E-state index contributed by atoms with van der Waals surface area (Å²) in [6.07, 6.45) is 1.62. The molecule has 3 rings (SSSR count). The molecule has 16 heavy (non-hydrogen) atoms. The van der Waals surface area contributed by atoms with Gasteiger partial charge < -0.3 is 0 Å². The van der Waals surface area contributed by atoms with Crippen molar-refractivity contribution in [1.29, 1.82) is 0 Å². The molecule has 0 bridgehead atoms. The molecule has 1 aliphatic rings. The fraction of sp³-hybridized carbons (Fsp3) is 0.231. The molecule has 0 fully saturated rings. The summed E-state index contributed by atoms with van der Waals surface area (Å²) in [5.74, 6) is 0.286. The molecule has 2 aromatic rings. The largest absolute Gasteiger partial charge is 0.224 e. The lowest BCUT2D eigenvalue weighted by molar-refractivity contribution is 0.588. The number of aryl methyl sites for hydroxylation is 1. The first kappa shape index (κ1) is 9.85. The van der Waals surface area contributed by atoms with Crippen LogP contribution in [0.1, 0.15) is 12.0 Å². The van der Waals surface area contributed by atoms with Gasteiger partial charge in [-0.25, -0.2) is 8.42 Å². The van der Waals surface area contributed by atoms with Crippen LogP contribution in [0.5, 0.6) is 0 Å². The van der Waals surface area contributed by atoms with E-state index in [4.69, 9.17) is 0 Å². The van der Waals surface area contributed by atoms with Gasteiger partial charge in [0, 0.05) is 5.39 Å². The molecular formula is C13H12O2S. The maximum atomic E-state index is 12.1. The smallest absolute Gasteiger partial charge is 0.179 e. The molecule has 0 aliphatic carbocycles. The van der Waals surface area contributed by atoms with Gasteiger partial charge in [-0.15, -0.1) is 0 Å². The van der Waals surface area contributed by atoms with Crippen molar-refractivity contribution in [2.24, 2.45) is 0 Å². The highest BCUT2D eigenvalue weighted by Crippen LogP contribution is 2.31. The third-order valence-electron chi connectivity index (χ3n) is 3.13. The van der Waals surface area contributed by atoms with E-state index in [2.05, 4.69) is 0 Å². The van der Waals surface area contributed by atoms with Crippen molar-refractivity contribution in [3.05, 3.63) is 42.0 Å². The second-order valence-electron chi connectivity index (χ2n) is 4.20. The Hall–Kier alpha value is -1.35. The molecule has 0 aromatic heterocycles. The van der Waals surface area contributed by atoms with Gasteiger partial charge in [-0.3, -0.25) is 0 Å². The molecule has 0 radical (unpaired) electrons. The molecule has 0 N–H and O–H groups in total. The molecule has 2 aromatic carbocycles. The van der Waals surface area contributed by atoms with Crippen LogP contribution in [0.25, 0.3) is 10.8 Å². The van der Waals surface area contributed by atoms with Crippen LogP contribution in [0.2, 0.25) is 0 Å². The van der Waals surface area contributed by atoms with Crippen LogP contribution in [0.3, 0.4) is 0 Å². The van der Waals surface area contributed by atoms with Gasteiger partial charge in [0.2, 0.25) is 0 Å². The molecule has 0 atom stereocenters. The van der Waals surface area contributed by atoms with E-state index in [-0.39, 0.29) is 5.75 Å². The first-order chi connectivity index (χ1) is 7.68. The Kier molecular flexibility index (Phi) is 2.04. The number of rotatable bonds is 0. The van der Waals surface area contributed by atoms with Crippen molar-refractivity contribution in [2.45, 2.75) is 17.7 Å². The lowest BCUT2D eigenvalue weighted by Crippen LogP contribution is -2.16. The Morgan fingerprint density at radius 3 is 2.69 bits per heavy atom. The average molecular weight is 232 g/mol. The van der Waals surface area contributed by atoms with Crippen LogP contribution in [-0.4, -0.2) is 14.2 Å². The number of fused-ring (bicyclic) bond motifs is 3. The summed E-state index contributed by atoms with van der Waals surface area (Å²) in [7, 11) is -3.07. The van der Waals surface area contributed by atoms with Gasteiger partial charge >= 0.3 is 0 Å². The van der Waals surface area contributed by atoms with Gasteiger partial charge in [0.1, 0.15) is 0 Å². The molecule has 0 spiro atoms. The minimum atomic E-state index is -3.07. The highest BCUT2D eigenvalue weighted by Gasteiger charge is 2.25. The topological polar surface area (TPSA) is 34.1 Å². The van der Waals surface area contributed by atoms with E-state index in [1.54, 1.807) is 0 Å². The first-order valence-corrected chi connectivity index (χ1v) is 7.07. The van der Waals surface area contributed by atoms with Gasteiger partial charge in [-0.1, -0.05) is 36.4 Å². The van der Waals surface area contributed by atoms with E-state index in [1.165, 1.54) is 0 Å². The van der Waals surface area contributed by atoms with Crippen molar-refractivity contribution >= 4 is 20.6 Å². The Bertz CT molecular complexity index is 657. The van der Waals surface area contributed by atoms with Crippen LogP contribution >= 0.6 is 0 Å². The molecule has 0 amide bonds. The summed E-state index contributed by atoms with van der Waals surface area (Å²) in [6.45, 7) is 0. The van der Waals surface area contributed by atoms with Crippen molar-refractivity contribution < 1.29 is 8.42 Å². The third kappa shape index (κ3) is 1.35. The summed E-state index contributed by atoms with van der Waals surface area (Å²) >= 11 is 0. The minimum absolute atomic E-state index is 0.286. The highest BCUT2D eigenvalue weighted by atomic mass is 32.2. The van der Waals surface area contributed by atoms with E-state index in [9.17, 15) is 8.42 Å². The van der Waals surface area contributed by atoms with Gasteiger partial charge in [0.15, 0.2) is 9.84 Å². The number of hydrogen-bond donors (Lipinski definition) is 0. The monoisotopic (exact) mass is 232 g/mol. The van der Waals surface area contributed by atoms with E-state index in [0.29, 0.717) is 4.90 Å². The molecular weight excluding hydrogens is 220 g/mol. The predicted octanol–water partition coefficient (Wildman–Crippen LogP) is 2.56. The van der Waals surface area contributed by atoms with Crippen molar-refractivity contribution in [1.82, 2.24) is 0 Å². The van der Waals surface area contributed by atoms with Gasteiger partial charge in [-0.2, -0.15) is 0 Å². The predicted molar refractivity (Wildman–Crippen MR) is 64.3 cm³/mol. The SMILES string of the molecule is O=S1(=O)CCCc2ccc3ccccc3c21. The minimum Gasteiger partial charge on any atom is -0.224 e. The van der Waals surface area contributed by atoms with Crippen molar-refractivity contribution in [2.75, 3.05) is 5.75 Å². The summed E-state index contributed by atoms with van der Waals surface area (Å²) in [4.78, 5) is 0.567. The number of hydrogen-bond acceptors (Lipinski definition) is 2. The number of sulfone groups is 1. The van der Waals surface area contributed by atoms with Gasteiger partial charge in [0.05, 0.1) is 10.6 Å². The average Bonchev–Trinajstić information content (AvgIpc) is 2.28. The Balaban J connectivity index is 2.49. The zero-order valence-electron chi connectivity index (χ0n) is 8.81. The molecule has 0 unspecified atom stereocenters. The van der Waals surface area contributed by atoms with E-state index in [0.717, 1.165) is 29.2 Å². The molecule has 0 saturated heterocycles. The second kappa shape index (κ2) is 3.32. The molecule has 2 nitrogen and oxygen atoms in total. The van der Waals surface area contributed by atoms with Crippen LogP contribution in [0, 0.1) is 0 Å². The zero-order valence-corrected chi connectivity index (χ0v) is 9.63. The lowest BCUT2D eigenvalue weighted by Gasteiger charge is -2.18. The lowest BCUT2D eigenvalue weighted by atomic mass is 10.0. The molecule has 82 valence electrons. The van der Waals surface area contributed by atoms with Crippen LogP contribution in [0.4, 0.5) is 0 Å². The number of benzene rings is 2. The maximum Gasteiger partial charge on any atom is 0.179 e. The third-order valence-corrected chi connectivity index (χ3v) is 5.06. The summed E-state index contributed by atoms with van der Waals surface area (Å²) in [5.41, 5.74) is 0.977. The normalized spacial score (nSPS) is 18.2. The van der Waals surface area contributed by atoms with E-state index >= 15 is 0 Å². The van der Waals surface area contributed by atoms with Gasteiger partial charge in [0.25, 0.3) is 0 Å². The first-order valence-electron chi connectivity index (χ1n) is 5.42. The summed E-state index contributed by atoms with van der Waals surface area (Å²) < 4.78 is 24.2. The Labute approximate surface area is 94.8 Å². The fourth-order valence-corrected chi connectivity index (χ4v) is 4.23. The maximum absolute atomic E-state index is 12.1. The standard InChI is InChI=1S/C13H12O2S/c14-16(15)9-3-5-11-8-7-10-4-1-2-6-12(10)13(11)16/h1-2,4,6-8H,3,5,9H2. The van der Waals surface area contributed by atoms with E-state index < -0.39 is 9.84 Å². The zero-order chi connectivity index (χ0) is 11.2. The molecule has 1 aliphatic heterocycles. The highest BCUT2D eigenvalue weighted by molar-refractivity contribution is 7.91. The van der Waals surface area contributed by atoms with Crippen LogP contribution in [-0.2, 0) is 16.3 Å². The molecule has 3 heteroatoms. The second-order valence-corrected chi connectivity index (χ2v) is 6.24. The Morgan fingerprint density at radius 2 is 1.81 bits per heavy atom. The molecule has 0 saturated carbocycles. The fourth-order valence-electron chi connectivity index (χ4n) is 2.41. The van der Waals surface area contributed by atoms with Crippen molar-refractivity contribution in [3.8, 4) is 0 Å². The summed E-state index contributed by atoms with van der Waals surface area (Å²) in [5, 5.41) is 1.88. The summed E-state index contributed by atoms with van der Waals surface area (Å²) in [6, 6.07) is 11.6. The van der Waals surface area contributed by atoms with Gasteiger partial charge in [-0.05, 0) is 23.8 Å². The Morgan fingerprint density at radius 1 is 1.00 bits per heavy atom. The molecule has 1 heterocycles. The van der Waals surface area contributed by atoms with Crippen LogP contribution < -0.4 is 0 Å².